The fourth-order valence-electron chi connectivity index (χ4n) is 5.92. The van der Waals surface area contributed by atoms with E-state index in [1.54, 1.807) is 4.57 Å². The van der Waals surface area contributed by atoms with Gasteiger partial charge in [-0.2, -0.15) is 0 Å². The van der Waals surface area contributed by atoms with Crippen LogP contribution in [0.5, 0.6) is 5.75 Å². The number of hydrogen-bond donors (Lipinski definition) is 1. The summed E-state index contributed by atoms with van der Waals surface area (Å²) in [6, 6.07) is 8.90. The highest BCUT2D eigenvalue weighted by Crippen LogP contribution is 2.28. The fraction of sp³-hybridized carbons (Fsp3) is 0.667. The summed E-state index contributed by atoms with van der Waals surface area (Å²) in [5, 5.41) is 3.77. The predicted molar refractivity (Wildman–Crippen MR) is 132 cm³/mol. The number of imidazole rings is 1. The quantitative estimate of drug-likeness (QED) is 0.640. The number of piperidine rings is 1. The summed E-state index contributed by atoms with van der Waals surface area (Å²) in [7, 11) is 0. The molecule has 3 aliphatic rings. The lowest BCUT2D eigenvalue weighted by atomic mass is 9.91. The van der Waals surface area contributed by atoms with Crippen molar-refractivity contribution in [1.82, 2.24) is 19.4 Å². The zero-order valence-corrected chi connectivity index (χ0v) is 20.0. The van der Waals surface area contributed by atoms with Crippen LogP contribution in [0.15, 0.2) is 41.5 Å². The number of rotatable bonds is 8. The number of likely N-dealkylation sites (tertiary alicyclic amines) is 1. The monoisotopic (exact) mass is 452 g/mol. The molecule has 1 aromatic carbocycles. The first-order valence-corrected chi connectivity index (χ1v) is 13.3. The van der Waals surface area contributed by atoms with Gasteiger partial charge in [-0.05, 0) is 102 Å². The van der Waals surface area contributed by atoms with Crippen molar-refractivity contribution in [3.05, 3.63) is 47.1 Å². The summed E-state index contributed by atoms with van der Waals surface area (Å²) >= 11 is 0. The molecule has 0 bridgehead atoms. The van der Waals surface area contributed by atoms with Crippen molar-refractivity contribution in [3.63, 3.8) is 0 Å². The zero-order chi connectivity index (χ0) is 22.5. The first-order valence-electron chi connectivity index (χ1n) is 13.3. The molecule has 0 spiro atoms. The van der Waals surface area contributed by atoms with E-state index in [1.165, 1.54) is 51.7 Å². The molecule has 1 aliphatic heterocycles. The minimum absolute atomic E-state index is 0.0703. The van der Waals surface area contributed by atoms with Crippen LogP contribution in [-0.4, -0.2) is 52.4 Å². The summed E-state index contributed by atoms with van der Waals surface area (Å²) < 4.78 is 9.79. The summed E-state index contributed by atoms with van der Waals surface area (Å²) in [6.45, 7) is 4.80. The van der Waals surface area contributed by atoms with Gasteiger partial charge in [-0.1, -0.05) is 6.42 Å². The zero-order valence-electron chi connectivity index (χ0n) is 20.0. The number of benzene rings is 1. The molecule has 0 atom stereocenters. The van der Waals surface area contributed by atoms with Crippen molar-refractivity contribution in [1.29, 1.82) is 0 Å². The average molecular weight is 453 g/mol. The topological polar surface area (TPSA) is 51.4 Å². The van der Waals surface area contributed by atoms with Crippen molar-refractivity contribution in [2.45, 2.75) is 88.8 Å². The van der Waals surface area contributed by atoms with Gasteiger partial charge in [-0.25, -0.2) is 4.79 Å². The van der Waals surface area contributed by atoms with Gasteiger partial charge < -0.3 is 15.0 Å². The molecule has 1 saturated heterocycles. The maximum absolute atomic E-state index is 13.1. The van der Waals surface area contributed by atoms with Crippen LogP contribution in [0.25, 0.3) is 5.69 Å². The van der Waals surface area contributed by atoms with E-state index in [-0.39, 0.29) is 5.69 Å². The molecule has 0 radical (unpaired) electrons. The second kappa shape index (κ2) is 10.9. The molecule has 1 N–H and O–H groups in total. The number of nitrogens with zero attached hydrogens (tertiary/aromatic N) is 3. The summed E-state index contributed by atoms with van der Waals surface area (Å²) in [5.74, 6) is 0.907. The van der Waals surface area contributed by atoms with Crippen LogP contribution in [0.3, 0.4) is 0 Å². The molecule has 5 rings (SSSR count). The third-order valence-corrected chi connectivity index (χ3v) is 7.92. The molecule has 0 unspecified atom stereocenters. The van der Waals surface area contributed by atoms with E-state index < -0.39 is 0 Å². The van der Waals surface area contributed by atoms with Gasteiger partial charge in [0.1, 0.15) is 5.75 Å². The minimum Gasteiger partial charge on any atom is -0.490 e. The van der Waals surface area contributed by atoms with Crippen molar-refractivity contribution in [3.8, 4) is 11.4 Å². The highest BCUT2D eigenvalue weighted by molar-refractivity contribution is 5.37. The molecule has 1 aromatic heterocycles. The first-order chi connectivity index (χ1) is 16.3. The van der Waals surface area contributed by atoms with E-state index in [1.807, 2.05) is 41.2 Å². The molecule has 0 amide bonds. The highest BCUT2D eigenvalue weighted by atomic mass is 16.5. The molecule has 33 heavy (non-hydrogen) atoms. The summed E-state index contributed by atoms with van der Waals surface area (Å²) in [4.78, 5) is 15.7. The van der Waals surface area contributed by atoms with E-state index >= 15 is 0 Å². The van der Waals surface area contributed by atoms with E-state index in [0.717, 1.165) is 56.5 Å². The number of ether oxygens (including phenoxy) is 1. The molecule has 2 saturated carbocycles. The number of nitrogens with one attached hydrogen (secondary N) is 1. The van der Waals surface area contributed by atoms with Gasteiger partial charge in [0.2, 0.25) is 0 Å². The van der Waals surface area contributed by atoms with Crippen LogP contribution in [0, 0.1) is 0 Å². The Balaban J connectivity index is 1.12. The van der Waals surface area contributed by atoms with Gasteiger partial charge in [0.25, 0.3) is 0 Å². The Kier molecular flexibility index (Phi) is 7.52. The van der Waals surface area contributed by atoms with Crippen molar-refractivity contribution in [2.24, 2.45) is 0 Å². The third kappa shape index (κ3) is 5.72. The van der Waals surface area contributed by atoms with E-state index in [4.69, 9.17) is 4.74 Å². The maximum Gasteiger partial charge on any atom is 0.332 e. The number of aromatic nitrogens is 2. The predicted octanol–water partition coefficient (Wildman–Crippen LogP) is 4.52. The van der Waals surface area contributed by atoms with E-state index in [2.05, 4.69) is 10.2 Å². The molecule has 2 aromatic rings. The standard InChI is InChI=1S/C27H40N4O2/c32-27-30(23-10-8-22(9-11-23)28-16-19-29-17-4-1-5-18-29)20-21-31(27)24-12-14-26(15-13-24)33-25-6-2-3-7-25/h12-15,20-23,25,28H,1-11,16-19H2. The Morgan fingerprint density at radius 3 is 2.30 bits per heavy atom. The van der Waals surface area contributed by atoms with Gasteiger partial charge in [0.15, 0.2) is 0 Å². The number of hydrogen-bond acceptors (Lipinski definition) is 4. The summed E-state index contributed by atoms with van der Waals surface area (Å²) in [5.41, 5.74) is 0.978. The van der Waals surface area contributed by atoms with Gasteiger partial charge in [0, 0.05) is 37.6 Å². The Morgan fingerprint density at radius 1 is 0.848 bits per heavy atom. The van der Waals surface area contributed by atoms with Crippen LogP contribution in [0.1, 0.15) is 76.7 Å². The van der Waals surface area contributed by atoms with E-state index in [9.17, 15) is 4.79 Å². The van der Waals surface area contributed by atoms with Crippen molar-refractivity contribution in [2.75, 3.05) is 26.2 Å². The Hall–Kier alpha value is -2.05. The molecule has 2 aliphatic carbocycles. The fourth-order valence-corrected chi connectivity index (χ4v) is 5.92. The summed E-state index contributed by atoms with van der Waals surface area (Å²) in [6.07, 6.45) is 17.6. The second-order valence-corrected chi connectivity index (χ2v) is 10.2. The SMILES string of the molecule is O=c1n(-c2ccc(OC3CCCC3)cc2)ccn1C1CCC(NCCN2CCCCC2)CC1. The van der Waals surface area contributed by atoms with Gasteiger partial charge in [-0.15, -0.1) is 0 Å². The lowest BCUT2D eigenvalue weighted by Gasteiger charge is -2.31. The Labute approximate surface area is 197 Å². The van der Waals surface area contributed by atoms with Crippen molar-refractivity contribution >= 4 is 0 Å². The molecular formula is C27H40N4O2. The normalized spacial score (nSPS) is 24.8. The lowest BCUT2D eigenvalue weighted by Crippen LogP contribution is -2.41. The molecule has 6 nitrogen and oxygen atoms in total. The van der Waals surface area contributed by atoms with Crippen LogP contribution in [0.4, 0.5) is 0 Å². The van der Waals surface area contributed by atoms with Gasteiger partial charge >= 0.3 is 5.69 Å². The minimum atomic E-state index is 0.0703. The lowest BCUT2D eigenvalue weighted by molar-refractivity contribution is 0.210. The maximum atomic E-state index is 13.1. The largest absolute Gasteiger partial charge is 0.490 e. The Bertz CT molecular complexity index is 914. The first kappa shape index (κ1) is 22.7. The second-order valence-electron chi connectivity index (χ2n) is 10.2. The average Bonchev–Trinajstić information content (AvgIpc) is 3.51. The Morgan fingerprint density at radius 2 is 1.58 bits per heavy atom. The molecule has 2 heterocycles. The molecule has 6 heteroatoms. The van der Waals surface area contributed by atoms with Crippen LogP contribution in [0.2, 0.25) is 0 Å². The molecule has 3 fully saturated rings. The van der Waals surface area contributed by atoms with Crippen molar-refractivity contribution < 1.29 is 4.74 Å². The molecule has 180 valence electrons. The molecular weight excluding hydrogens is 412 g/mol. The van der Waals surface area contributed by atoms with Gasteiger partial charge in [0.05, 0.1) is 11.8 Å². The smallest absolute Gasteiger partial charge is 0.332 e. The highest BCUT2D eigenvalue weighted by Gasteiger charge is 2.24. The van der Waals surface area contributed by atoms with Crippen LogP contribution < -0.4 is 15.7 Å². The third-order valence-electron chi connectivity index (χ3n) is 7.92. The van der Waals surface area contributed by atoms with Crippen LogP contribution >= 0.6 is 0 Å². The van der Waals surface area contributed by atoms with E-state index in [0.29, 0.717) is 18.2 Å². The van der Waals surface area contributed by atoms with Crippen LogP contribution in [-0.2, 0) is 0 Å². The van der Waals surface area contributed by atoms with Gasteiger partial charge in [-0.3, -0.25) is 9.13 Å².